The first-order valence-electron chi connectivity index (χ1n) is 9.65. The summed E-state index contributed by atoms with van der Waals surface area (Å²) in [5.74, 6) is 1.29. The fraction of sp³-hybridized carbons (Fsp3) is 0.579. The summed E-state index contributed by atoms with van der Waals surface area (Å²) in [7, 11) is 1.64. The summed E-state index contributed by atoms with van der Waals surface area (Å²) in [6.07, 6.45) is 4.92. The molecular formula is C19H24N4O3S2. The molecule has 1 atom stereocenters. The lowest BCUT2D eigenvalue weighted by Gasteiger charge is -2.13. The maximum absolute atomic E-state index is 13.3. The first-order chi connectivity index (χ1) is 13.6. The van der Waals surface area contributed by atoms with Crippen molar-refractivity contribution in [2.75, 3.05) is 13.7 Å². The van der Waals surface area contributed by atoms with Gasteiger partial charge in [-0.2, -0.15) is 4.98 Å². The third-order valence-corrected chi connectivity index (χ3v) is 7.16. The lowest BCUT2D eigenvalue weighted by atomic mass is 10.2. The summed E-state index contributed by atoms with van der Waals surface area (Å²) in [5, 5.41) is 5.42. The van der Waals surface area contributed by atoms with Crippen LogP contribution in [0.1, 0.15) is 54.1 Å². The van der Waals surface area contributed by atoms with E-state index in [1.54, 1.807) is 23.0 Å². The minimum absolute atomic E-state index is 0.0355. The number of aromatic nitrogens is 4. The molecule has 0 amide bonds. The van der Waals surface area contributed by atoms with E-state index in [4.69, 9.17) is 14.2 Å². The van der Waals surface area contributed by atoms with E-state index in [2.05, 4.69) is 17.1 Å². The highest BCUT2D eigenvalue weighted by molar-refractivity contribution is 7.99. The third-order valence-electron chi connectivity index (χ3n) is 4.90. The zero-order chi connectivity index (χ0) is 19.7. The largest absolute Gasteiger partial charge is 0.383 e. The quantitative estimate of drug-likeness (QED) is 0.405. The molecule has 7 nitrogen and oxygen atoms in total. The van der Waals surface area contributed by atoms with E-state index in [0.717, 1.165) is 48.1 Å². The lowest BCUT2D eigenvalue weighted by molar-refractivity contribution is 0.183. The summed E-state index contributed by atoms with van der Waals surface area (Å²) in [4.78, 5) is 24.8. The number of ether oxygens (including phenoxy) is 1. The van der Waals surface area contributed by atoms with Crippen molar-refractivity contribution in [3.8, 4) is 0 Å². The Morgan fingerprint density at radius 3 is 3.00 bits per heavy atom. The predicted octanol–water partition coefficient (Wildman–Crippen LogP) is 3.78. The number of nitrogens with zero attached hydrogens (tertiary/aromatic N) is 4. The summed E-state index contributed by atoms with van der Waals surface area (Å²) >= 11 is 3.14. The van der Waals surface area contributed by atoms with Gasteiger partial charge in [-0.05, 0) is 38.2 Å². The summed E-state index contributed by atoms with van der Waals surface area (Å²) in [6.45, 7) is 5.02. The minimum atomic E-state index is -0.0944. The molecule has 0 bridgehead atoms. The molecule has 0 spiro atoms. The zero-order valence-electron chi connectivity index (χ0n) is 16.4. The van der Waals surface area contributed by atoms with Gasteiger partial charge in [0.2, 0.25) is 5.89 Å². The van der Waals surface area contributed by atoms with E-state index in [9.17, 15) is 4.79 Å². The van der Waals surface area contributed by atoms with Gasteiger partial charge in [0.1, 0.15) is 4.83 Å². The molecule has 0 saturated heterocycles. The third kappa shape index (κ3) is 3.62. The van der Waals surface area contributed by atoms with Crippen LogP contribution < -0.4 is 5.56 Å². The maximum atomic E-state index is 13.3. The van der Waals surface area contributed by atoms with Crippen LogP contribution in [-0.4, -0.2) is 33.4 Å². The van der Waals surface area contributed by atoms with E-state index >= 15 is 0 Å². The zero-order valence-corrected chi connectivity index (χ0v) is 18.0. The van der Waals surface area contributed by atoms with Gasteiger partial charge in [-0.15, -0.1) is 11.3 Å². The van der Waals surface area contributed by atoms with Crippen molar-refractivity contribution in [3.63, 3.8) is 0 Å². The summed E-state index contributed by atoms with van der Waals surface area (Å²) in [5.41, 5.74) is 1.24. The number of thiophene rings is 1. The van der Waals surface area contributed by atoms with E-state index in [-0.39, 0.29) is 10.8 Å². The highest BCUT2D eigenvalue weighted by atomic mass is 32.2. The number of methoxy groups -OCH3 is 1. The molecule has 0 unspecified atom stereocenters. The molecule has 0 fully saturated rings. The second kappa shape index (κ2) is 8.34. The Balaban J connectivity index is 1.71. The minimum Gasteiger partial charge on any atom is -0.383 e. The lowest BCUT2D eigenvalue weighted by Crippen LogP contribution is -2.25. The molecule has 3 aromatic heterocycles. The standard InChI is InChI=1S/C19H24N4O3S2/c1-4-6-14-20-16(26-22-14)11(2)27-19-21-17-15(12-7-5-8-13(12)28-17)18(24)23(19)9-10-25-3/h11H,4-10H2,1-3H3/t11-/m0/s1. The van der Waals surface area contributed by atoms with Crippen LogP contribution in [0.5, 0.6) is 0 Å². The molecule has 1 aliphatic rings. The number of thioether (sulfide) groups is 1. The van der Waals surface area contributed by atoms with Gasteiger partial charge >= 0.3 is 0 Å². The molecule has 1 aliphatic carbocycles. The van der Waals surface area contributed by atoms with Gasteiger partial charge in [0.15, 0.2) is 11.0 Å². The Kier molecular flexibility index (Phi) is 5.84. The van der Waals surface area contributed by atoms with Crippen molar-refractivity contribution < 1.29 is 9.26 Å². The second-order valence-corrected chi connectivity index (χ2v) is 9.33. The normalized spacial score (nSPS) is 14.7. The Morgan fingerprint density at radius 1 is 1.36 bits per heavy atom. The highest BCUT2D eigenvalue weighted by Gasteiger charge is 2.25. The Hall–Kier alpha value is -1.71. The average molecular weight is 421 g/mol. The maximum Gasteiger partial charge on any atom is 0.263 e. The Bertz CT molecular complexity index is 1040. The topological polar surface area (TPSA) is 83.0 Å². The van der Waals surface area contributed by atoms with Crippen LogP contribution in [0.25, 0.3) is 10.2 Å². The smallest absolute Gasteiger partial charge is 0.263 e. The van der Waals surface area contributed by atoms with Crippen LogP contribution in [0, 0.1) is 0 Å². The van der Waals surface area contributed by atoms with E-state index in [1.807, 2.05) is 6.92 Å². The predicted molar refractivity (Wildman–Crippen MR) is 110 cm³/mol. The highest BCUT2D eigenvalue weighted by Crippen LogP contribution is 2.38. The molecule has 3 aromatic rings. The summed E-state index contributed by atoms with van der Waals surface area (Å²) in [6, 6.07) is 0. The van der Waals surface area contributed by atoms with Crippen LogP contribution in [0.4, 0.5) is 0 Å². The van der Waals surface area contributed by atoms with Gasteiger partial charge in [0.25, 0.3) is 5.56 Å². The molecule has 28 heavy (non-hydrogen) atoms. The van der Waals surface area contributed by atoms with Crippen LogP contribution >= 0.6 is 23.1 Å². The fourth-order valence-electron chi connectivity index (χ4n) is 3.49. The van der Waals surface area contributed by atoms with Gasteiger partial charge in [-0.25, -0.2) is 4.98 Å². The molecule has 0 aromatic carbocycles. The second-order valence-electron chi connectivity index (χ2n) is 6.94. The first kappa shape index (κ1) is 19.6. The number of hydrogen-bond donors (Lipinski definition) is 0. The van der Waals surface area contributed by atoms with Gasteiger partial charge in [0, 0.05) is 18.4 Å². The van der Waals surface area contributed by atoms with Crippen LogP contribution in [0.15, 0.2) is 14.5 Å². The van der Waals surface area contributed by atoms with Crippen molar-refractivity contribution in [1.82, 2.24) is 19.7 Å². The van der Waals surface area contributed by atoms with Crippen LogP contribution in [-0.2, 0) is 30.5 Å². The molecule has 0 radical (unpaired) electrons. The molecule has 9 heteroatoms. The molecule has 3 heterocycles. The molecule has 150 valence electrons. The monoisotopic (exact) mass is 420 g/mol. The number of rotatable bonds is 8. The summed E-state index contributed by atoms with van der Waals surface area (Å²) < 4.78 is 12.4. The van der Waals surface area contributed by atoms with Gasteiger partial charge in [-0.3, -0.25) is 9.36 Å². The van der Waals surface area contributed by atoms with E-state index < -0.39 is 0 Å². The molecular weight excluding hydrogens is 396 g/mol. The first-order valence-corrected chi connectivity index (χ1v) is 11.3. The Morgan fingerprint density at radius 2 is 2.21 bits per heavy atom. The molecule has 0 N–H and O–H groups in total. The van der Waals surface area contributed by atoms with Crippen molar-refractivity contribution >= 4 is 33.3 Å². The van der Waals surface area contributed by atoms with Gasteiger partial charge < -0.3 is 9.26 Å². The molecule has 0 saturated carbocycles. The van der Waals surface area contributed by atoms with Gasteiger partial charge in [-0.1, -0.05) is 23.8 Å². The van der Waals surface area contributed by atoms with Crippen molar-refractivity contribution in [2.24, 2.45) is 0 Å². The van der Waals surface area contributed by atoms with Crippen LogP contribution in [0.3, 0.4) is 0 Å². The van der Waals surface area contributed by atoms with E-state index in [1.165, 1.54) is 22.2 Å². The Labute approximate surface area is 171 Å². The SMILES string of the molecule is CCCc1noc([C@H](C)Sc2nc3sc4c(c3c(=O)n2CCOC)CCC4)n1. The van der Waals surface area contributed by atoms with E-state index in [0.29, 0.717) is 24.2 Å². The number of fused-ring (bicyclic) bond motifs is 3. The van der Waals surface area contributed by atoms with Gasteiger partial charge in [0.05, 0.1) is 23.8 Å². The van der Waals surface area contributed by atoms with Crippen LogP contribution in [0.2, 0.25) is 0 Å². The van der Waals surface area contributed by atoms with Crippen molar-refractivity contribution in [3.05, 3.63) is 32.5 Å². The van der Waals surface area contributed by atoms with Crippen molar-refractivity contribution in [1.29, 1.82) is 0 Å². The number of aryl methyl sites for hydroxylation is 3. The molecule has 0 aliphatic heterocycles. The fourth-order valence-corrected chi connectivity index (χ4v) is 5.76. The average Bonchev–Trinajstić information content (AvgIpc) is 3.37. The molecule has 4 rings (SSSR count). The number of hydrogen-bond acceptors (Lipinski definition) is 8. The van der Waals surface area contributed by atoms with Crippen molar-refractivity contribution in [2.45, 2.75) is 62.9 Å².